The maximum Gasteiger partial charge on any atom is 0.397 e. The van der Waals surface area contributed by atoms with Gasteiger partial charge in [0.1, 0.15) is 134 Å². The van der Waals surface area contributed by atoms with E-state index in [4.69, 9.17) is 47.4 Å². The van der Waals surface area contributed by atoms with Crippen molar-refractivity contribution in [2.45, 2.75) is 205 Å². The predicted octanol–water partition coefficient (Wildman–Crippen LogP) is -13.2. The summed E-state index contributed by atoms with van der Waals surface area (Å²) in [5.74, 6) is -2.64. The third-order valence-electron chi connectivity index (χ3n) is 13.4. The predicted molar refractivity (Wildman–Crippen MR) is 245 cm³/mol. The van der Waals surface area contributed by atoms with Gasteiger partial charge in [0.15, 0.2) is 31.5 Å². The van der Waals surface area contributed by atoms with Crippen molar-refractivity contribution in [2.75, 3.05) is 39.6 Å². The Morgan fingerprint density at radius 2 is 1.00 bits per heavy atom. The highest BCUT2D eigenvalue weighted by Gasteiger charge is 2.58. The monoisotopic (exact) mass is 1180 g/mol. The molecule has 5 fully saturated rings. The van der Waals surface area contributed by atoms with Crippen molar-refractivity contribution in [1.29, 1.82) is 0 Å². The summed E-state index contributed by atoms with van der Waals surface area (Å²) in [5, 5.41) is 180. The molecule has 0 aromatic rings. The molecular weight excluding hydrogens is 1110 g/mol. The molecule has 0 aliphatic carbocycles. The second-order valence-electron chi connectivity index (χ2n) is 19.3. The Balaban J connectivity index is 1.54. The van der Waals surface area contributed by atoms with Crippen LogP contribution < -0.4 is 16.0 Å². The van der Waals surface area contributed by atoms with Crippen LogP contribution in [-0.2, 0) is 76.3 Å². The summed E-state index contributed by atoms with van der Waals surface area (Å²) in [6, 6.07) is -5.33. The molecule has 0 bridgehead atoms. The molecule has 0 saturated carbocycles. The lowest BCUT2D eigenvalue weighted by molar-refractivity contribution is -0.401. The van der Waals surface area contributed by atoms with Crippen LogP contribution in [-0.4, -0.2) is 330 Å². The summed E-state index contributed by atoms with van der Waals surface area (Å²) < 4.78 is 95.7. The lowest BCUT2D eigenvalue weighted by Crippen LogP contribution is -2.70. The minimum absolute atomic E-state index is 0.812. The van der Waals surface area contributed by atoms with Crippen molar-refractivity contribution < 1.29 is 161 Å². The van der Waals surface area contributed by atoms with Gasteiger partial charge in [0.05, 0.1) is 51.8 Å². The Morgan fingerprint density at radius 1 is 0.532 bits per heavy atom. The summed E-state index contributed by atoms with van der Waals surface area (Å²) in [6.45, 7) is -2.49. The molecule has 0 radical (unpaired) electrons. The average Bonchev–Trinajstić information content (AvgIpc) is 3.43. The quantitative estimate of drug-likeness (QED) is 0.0399. The van der Waals surface area contributed by atoms with Gasteiger partial charge in [-0.15, -0.1) is 0 Å². The third kappa shape index (κ3) is 16.5. The van der Waals surface area contributed by atoms with E-state index in [-0.39, 0.29) is 0 Å². The Kier molecular flexibility index (Phi) is 24.7. The third-order valence-corrected chi connectivity index (χ3v) is 13.9. The maximum absolute atomic E-state index is 13.0. The molecule has 0 aromatic heterocycles. The topological polar surface area (TPSA) is 567 Å². The van der Waals surface area contributed by atoms with Crippen molar-refractivity contribution in [2.24, 2.45) is 0 Å². The van der Waals surface area contributed by atoms with Crippen LogP contribution in [0.4, 0.5) is 0 Å². The van der Waals surface area contributed by atoms with Crippen LogP contribution in [0.5, 0.6) is 0 Å². The van der Waals surface area contributed by atoms with Crippen LogP contribution in [0.15, 0.2) is 0 Å². The van der Waals surface area contributed by atoms with Gasteiger partial charge in [-0.2, -0.15) is 8.42 Å². The first-order valence-corrected chi connectivity index (χ1v) is 25.9. The zero-order valence-corrected chi connectivity index (χ0v) is 43.3. The van der Waals surface area contributed by atoms with Crippen LogP contribution in [0.1, 0.15) is 27.7 Å². The molecule has 20 N–H and O–H groups in total. The maximum atomic E-state index is 13.0. The molecule has 5 aliphatic rings. The van der Waals surface area contributed by atoms with Crippen molar-refractivity contribution >= 4 is 28.1 Å². The molecule has 36 nitrogen and oxygen atoms in total. The zero-order valence-electron chi connectivity index (χ0n) is 42.5. The molecular formula is C42H73N3O33S. The molecule has 0 aromatic carbocycles. The molecule has 0 unspecified atom stereocenters. The fraction of sp³-hybridized carbons (Fsp3) is 0.929. The van der Waals surface area contributed by atoms with Crippen molar-refractivity contribution in [3.8, 4) is 0 Å². The molecule has 3 amide bonds. The highest BCUT2D eigenvalue weighted by Crippen LogP contribution is 2.37. The molecule has 79 heavy (non-hydrogen) atoms. The SMILES string of the molecule is CC(=O)N[C@H]1[C@H](O[C@@H]([C@@H](O)[C@H](O)CO[C@@H]2O[C@H](COS(=O)(=O)O)[C@@H](O)[C@H](O[C@@H]3O[C@H](CO)[C@H](O)[C@H](O[C@H]4O[C@H](CO)[C@H](O)[C@H](O)[C@H]4O)[C@H]3O[C@@H]3O[C@@H](C)[C@@H](O)[C@@H](O)[C@@H]3O)[C@H]2NC(C)=O)[C@H](CO)NC(C)=O)O[C@H](CO)[C@@H](O)[C@@H]1O. The van der Waals surface area contributed by atoms with Gasteiger partial charge in [-0.05, 0) is 6.92 Å². The second kappa shape index (κ2) is 29.2. The molecule has 5 heterocycles. The molecule has 29 atom stereocenters. The summed E-state index contributed by atoms with van der Waals surface area (Å²) >= 11 is 0. The van der Waals surface area contributed by atoms with Gasteiger partial charge in [0, 0.05) is 20.8 Å². The molecule has 5 aliphatic heterocycles. The van der Waals surface area contributed by atoms with E-state index >= 15 is 0 Å². The number of aliphatic hydroxyl groups is 16. The normalized spacial score (nSPS) is 42.8. The largest absolute Gasteiger partial charge is 0.397 e. The number of rotatable bonds is 24. The summed E-state index contributed by atoms with van der Waals surface area (Å²) in [4.78, 5) is 37.4. The number of hydrogen-bond acceptors (Lipinski definition) is 32. The van der Waals surface area contributed by atoms with E-state index in [1.54, 1.807) is 0 Å². The number of nitrogens with one attached hydrogen (secondary N) is 3. The second-order valence-corrected chi connectivity index (χ2v) is 20.4. The molecule has 5 rings (SSSR count). The Hall–Kier alpha value is -2.76. The number of ether oxygens (including phenoxy) is 10. The van der Waals surface area contributed by atoms with Crippen LogP contribution in [0.2, 0.25) is 0 Å². The van der Waals surface area contributed by atoms with E-state index in [0.29, 0.717) is 0 Å². The molecule has 5 saturated heterocycles. The van der Waals surface area contributed by atoms with E-state index in [2.05, 4.69) is 20.1 Å². The van der Waals surface area contributed by atoms with Crippen LogP contribution in [0.3, 0.4) is 0 Å². The molecule has 0 spiro atoms. The first-order chi connectivity index (χ1) is 37.0. The van der Waals surface area contributed by atoms with Gasteiger partial charge >= 0.3 is 10.4 Å². The minimum atomic E-state index is -5.37. The lowest BCUT2D eigenvalue weighted by atomic mass is 9.94. The lowest BCUT2D eigenvalue weighted by Gasteiger charge is -2.51. The van der Waals surface area contributed by atoms with E-state index in [0.717, 1.165) is 20.8 Å². The fourth-order valence-corrected chi connectivity index (χ4v) is 9.59. The molecule has 37 heteroatoms. The minimum Gasteiger partial charge on any atom is -0.394 e. The number of amides is 3. The summed E-state index contributed by atoms with van der Waals surface area (Å²) in [6.07, 6.45) is -52.5. The van der Waals surface area contributed by atoms with Gasteiger partial charge in [0.25, 0.3) is 0 Å². The van der Waals surface area contributed by atoms with Crippen molar-refractivity contribution in [3.05, 3.63) is 0 Å². The molecule has 460 valence electrons. The van der Waals surface area contributed by atoms with Gasteiger partial charge in [0.2, 0.25) is 17.7 Å². The fourth-order valence-electron chi connectivity index (χ4n) is 9.28. The van der Waals surface area contributed by atoms with E-state index < -0.39 is 246 Å². The van der Waals surface area contributed by atoms with Crippen molar-refractivity contribution in [1.82, 2.24) is 16.0 Å². The number of aliphatic hydroxyl groups excluding tert-OH is 16. The first-order valence-electron chi connectivity index (χ1n) is 24.5. The van der Waals surface area contributed by atoms with E-state index in [1.165, 1.54) is 6.92 Å². The van der Waals surface area contributed by atoms with Crippen molar-refractivity contribution in [3.63, 3.8) is 0 Å². The number of carbonyl (C=O) groups excluding carboxylic acids is 3. The number of carbonyl (C=O) groups is 3. The summed E-state index contributed by atoms with van der Waals surface area (Å²) in [7, 11) is -5.37. The van der Waals surface area contributed by atoms with Gasteiger partial charge in [-0.1, -0.05) is 0 Å². The highest BCUT2D eigenvalue weighted by atomic mass is 32.3. The average molecular weight is 1180 g/mol. The zero-order chi connectivity index (χ0) is 59.1. The van der Waals surface area contributed by atoms with E-state index in [1.807, 2.05) is 0 Å². The van der Waals surface area contributed by atoms with Gasteiger partial charge in [-0.25, -0.2) is 4.18 Å². The van der Waals surface area contributed by atoms with Gasteiger partial charge in [-0.3, -0.25) is 18.9 Å². The van der Waals surface area contributed by atoms with Crippen LogP contribution >= 0.6 is 0 Å². The first kappa shape index (κ1) is 67.0. The Bertz CT molecular complexity index is 2060. The van der Waals surface area contributed by atoms with E-state index in [9.17, 15) is 109 Å². The Morgan fingerprint density at radius 3 is 1.54 bits per heavy atom. The highest BCUT2D eigenvalue weighted by molar-refractivity contribution is 7.80. The van der Waals surface area contributed by atoms with Gasteiger partial charge < -0.3 is 145 Å². The smallest absolute Gasteiger partial charge is 0.394 e. The van der Waals surface area contributed by atoms with Crippen LogP contribution in [0.25, 0.3) is 0 Å². The van der Waals surface area contributed by atoms with Crippen LogP contribution in [0, 0.1) is 0 Å². The summed E-state index contributed by atoms with van der Waals surface area (Å²) in [5.41, 5.74) is 0. The Labute approximate surface area is 449 Å². The standard InChI is InChI=1S/C42H73N3O33S/c1-11-23(54)30(61)32(63)40(70-11)78-37-36(77-41-33(64)31(62)26(57)18(7-48)72-41)27(58)19(8-49)73-42(37)76-35-22(45-14(4)52)38(74-20(28(35)59)10-69-79(65,66)67)68-9-16(53)24(55)34(15(5-46)43-12(2)50)75-39-21(44-13(3)51)29(60)25(56)17(6-47)71-39/h11,15-42,46-49,53-64H,5-10H2,1-4H3,(H,43,50)(H,44,51)(H,45,52)(H,65,66,67)/t11-,15-,16+,17+,18+,19+,20+,21+,22+,23+,24-,25+,26-,27-,28+,29+,30+,31-,32-,33+,34+,35+,36-,37+,38+,39-,40-,41+,42-/m0/s1. The number of hydrogen-bond donors (Lipinski definition) is 20.